The van der Waals surface area contributed by atoms with Gasteiger partial charge >= 0.3 is 5.97 Å². The summed E-state index contributed by atoms with van der Waals surface area (Å²) in [5, 5.41) is 8.61. The lowest BCUT2D eigenvalue weighted by Crippen LogP contribution is -2.20. The summed E-state index contributed by atoms with van der Waals surface area (Å²) in [4.78, 5) is 21.3. The van der Waals surface area contributed by atoms with Crippen LogP contribution in [0.5, 0.6) is 0 Å². The van der Waals surface area contributed by atoms with Crippen LogP contribution in [0.4, 0.5) is 0 Å². The van der Waals surface area contributed by atoms with Crippen molar-refractivity contribution in [2.24, 2.45) is 5.92 Å². The zero-order valence-electron chi connectivity index (χ0n) is 7.63. The Hall–Kier alpha value is -1.12. The molecule has 0 aliphatic heterocycles. The summed E-state index contributed by atoms with van der Waals surface area (Å²) in [6, 6.07) is 0. The molecule has 3 heteroatoms. The number of carbonyl (C=O) groups excluding carboxylic acids is 1. The van der Waals surface area contributed by atoms with Gasteiger partial charge in [0.05, 0.1) is 0 Å². The van der Waals surface area contributed by atoms with Crippen molar-refractivity contribution in [1.29, 1.82) is 0 Å². The number of carboxylic acids is 1. The van der Waals surface area contributed by atoms with Gasteiger partial charge in [-0.1, -0.05) is 11.6 Å². The lowest BCUT2D eigenvalue weighted by Gasteiger charge is -2.04. The topological polar surface area (TPSA) is 54.4 Å². The second-order valence-electron chi connectivity index (χ2n) is 3.02. The van der Waals surface area contributed by atoms with Gasteiger partial charge in [0.1, 0.15) is 11.7 Å². The molecule has 0 aromatic rings. The third-order valence-corrected chi connectivity index (χ3v) is 1.55. The van der Waals surface area contributed by atoms with Crippen molar-refractivity contribution in [3.8, 4) is 0 Å². The molecule has 1 unspecified atom stereocenters. The van der Waals surface area contributed by atoms with Crippen LogP contribution < -0.4 is 0 Å². The van der Waals surface area contributed by atoms with Crippen LogP contribution in [0.25, 0.3) is 0 Å². The van der Waals surface area contributed by atoms with E-state index in [0.717, 1.165) is 5.57 Å². The Morgan fingerprint density at radius 3 is 2.08 bits per heavy atom. The van der Waals surface area contributed by atoms with Crippen LogP contribution in [0, 0.1) is 5.92 Å². The molecule has 0 fully saturated rings. The number of Topliss-reactive ketones (excluding diaryl/α,β-unsaturated/α-hetero) is 1. The van der Waals surface area contributed by atoms with Gasteiger partial charge < -0.3 is 5.11 Å². The van der Waals surface area contributed by atoms with E-state index in [4.69, 9.17) is 5.11 Å². The van der Waals surface area contributed by atoms with E-state index in [1.807, 2.05) is 13.8 Å². The number of carbonyl (C=O) groups is 2. The van der Waals surface area contributed by atoms with Crippen molar-refractivity contribution in [2.75, 3.05) is 0 Å². The van der Waals surface area contributed by atoms with Crippen molar-refractivity contribution in [3.05, 3.63) is 11.6 Å². The van der Waals surface area contributed by atoms with E-state index in [1.54, 1.807) is 6.08 Å². The van der Waals surface area contributed by atoms with E-state index in [1.165, 1.54) is 6.92 Å². The van der Waals surface area contributed by atoms with Crippen molar-refractivity contribution in [3.63, 3.8) is 0 Å². The number of carboxylic acid groups (broad SMARTS) is 1. The Morgan fingerprint density at radius 1 is 1.33 bits per heavy atom. The quantitative estimate of drug-likeness (QED) is 0.515. The van der Waals surface area contributed by atoms with Gasteiger partial charge in [-0.2, -0.15) is 0 Å². The van der Waals surface area contributed by atoms with Gasteiger partial charge in [-0.05, 0) is 27.2 Å². The van der Waals surface area contributed by atoms with E-state index in [0.29, 0.717) is 6.42 Å². The predicted molar refractivity (Wildman–Crippen MR) is 45.9 cm³/mol. The smallest absolute Gasteiger partial charge is 0.314 e. The van der Waals surface area contributed by atoms with Gasteiger partial charge in [-0.25, -0.2) is 0 Å². The molecule has 0 aromatic heterocycles. The van der Waals surface area contributed by atoms with E-state index in [2.05, 4.69) is 0 Å². The molecule has 3 nitrogen and oxygen atoms in total. The fourth-order valence-electron chi connectivity index (χ4n) is 0.794. The molecule has 0 aliphatic rings. The van der Waals surface area contributed by atoms with Gasteiger partial charge in [-0.15, -0.1) is 0 Å². The molecule has 1 atom stereocenters. The van der Waals surface area contributed by atoms with Gasteiger partial charge in [0.2, 0.25) is 0 Å². The zero-order valence-corrected chi connectivity index (χ0v) is 7.63. The summed E-state index contributed by atoms with van der Waals surface area (Å²) in [7, 11) is 0. The van der Waals surface area contributed by atoms with Crippen molar-refractivity contribution in [1.82, 2.24) is 0 Å². The number of aliphatic carboxylic acids is 1. The van der Waals surface area contributed by atoms with E-state index in [-0.39, 0.29) is 5.78 Å². The molecule has 0 rings (SSSR count). The number of allylic oxidation sites excluding steroid dienone is 2. The van der Waals surface area contributed by atoms with Crippen LogP contribution >= 0.6 is 0 Å². The monoisotopic (exact) mass is 170 g/mol. The summed E-state index contributed by atoms with van der Waals surface area (Å²) in [6.45, 7) is 5.05. The number of hydrogen-bond acceptors (Lipinski definition) is 2. The first-order valence-corrected chi connectivity index (χ1v) is 3.81. The highest BCUT2D eigenvalue weighted by molar-refractivity contribution is 5.96. The average molecular weight is 170 g/mol. The lowest BCUT2D eigenvalue weighted by molar-refractivity contribution is -0.145. The van der Waals surface area contributed by atoms with Crippen LogP contribution in [0.2, 0.25) is 0 Å². The molecule has 0 amide bonds. The summed E-state index contributed by atoms with van der Waals surface area (Å²) in [5.41, 5.74) is 1.03. The molecule has 0 aliphatic carbocycles. The fraction of sp³-hybridized carbons (Fsp3) is 0.556. The predicted octanol–water partition coefficient (Wildman–Crippen LogP) is 1.63. The largest absolute Gasteiger partial charge is 0.481 e. The first kappa shape index (κ1) is 10.9. The fourth-order valence-corrected chi connectivity index (χ4v) is 0.794. The summed E-state index contributed by atoms with van der Waals surface area (Å²) in [6.07, 6.45) is 2.06. The molecule has 12 heavy (non-hydrogen) atoms. The minimum Gasteiger partial charge on any atom is -0.481 e. The van der Waals surface area contributed by atoms with Crippen LogP contribution in [-0.2, 0) is 9.59 Å². The number of hydrogen-bond donors (Lipinski definition) is 1. The Morgan fingerprint density at radius 2 is 1.83 bits per heavy atom. The summed E-state index contributed by atoms with van der Waals surface area (Å²) >= 11 is 0. The molecule has 0 bridgehead atoms. The van der Waals surface area contributed by atoms with Crippen LogP contribution in [0.3, 0.4) is 0 Å². The first-order valence-electron chi connectivity index (χ1n) is 3.81. The maximum absolute atomic E-state index is 10.8. The standard InChI is InChI=1S/C9H14O3/c1-6(2)4-5-8(7(3)10)9(11)12/h4,8H,5H2,1-3H3,(H,11,12). The highest BCUT2D eigenvalue weighted by Gasteiger charge is 2.20. The molecular formula is C9H14O3. The molecule has 0 heterocycles. The molecule has 0 spiro atoms. The lowest BCUT2D eigenvalue weighted by atomic mass is 10.0. The van der Waals surface area contributed by atoms with Crippen molar-refractivity contribution < 1.29 is 14.7 Å². The summed E-state index contributed by atoms with van der Waals surface area (Å²) < 4.78 is 0. The van der Waals surface area contributed by atoms with Gasteiger partial charge in [0.25, 0.3) is 0 Å². The molecule has 68 valence electrons. The maximum Gasteiger partial charge on any atom is 0.314 e. The van der Waals surface area contributed by atoms with Crippen molar-refractivity contribution in [2.45, 2.75) is 27.2 Å². The van der Waals surface area contributed by atoms with E-state index < -0.39 is 11.9 Å². The molecule has 0 radical (unpaired) electrons. The van der Waals surface area contributed by atoms with Gasteiger partial charge in [0, 0.05) is 0 Å². The molecule has 1 N–H and O–H groups in total. The molecule has 0 aromatic carbocycles. The van der Waals surface area contributed by atoms with Crippen molar-refractivity contribution >= 4 is 11.8 Å². The zero-order chi connectivity index (χ0) is 9.72. The number of ketones is 1. The Kier molecular flexibility index (Phi) is 4.26. The van der Waals surface area contributed by atoms with E-state index >= 15 is 0 Å². The van der Waals surface area contributed by atoms with Gasteiger partial charge in [0.15, 0.2) is 0 Å². The van der Waals surface area contributed by atoms with Crippen LogP contribution in [0.15, 0.2) is 11.6 Å². The second kappa shape index (κ2) is 4.70. The van der Waals surface area contributed by atoms with Crippen LogP contribution in [0.1, 0.15) is 27.2 Å². The Labute approximate surface area is 72.1 Å². The molecule has 0 saturated heterocycles. The highest BCUT2D eigenvalue weighted by atomic mass is 16.4. The van der Waals surface area contributed by atoms with Gasteiger partial charge in [-0.3, -0.25) is 9.59 Å². The summed E-state index contributed by atoms with van der Waals surface area (Å²) in [5.74, 6) is -2.21. The van der Waals surface area contributed by atoms with Crippen LogP contribution in [-0.4, -0.2) is 16.9 Å². The first-order chi connectivity index (χ1) is 5.45. The normalized spacial score (nSPS) is 11.9. The highest BCUT2D eigenvalue weighted by Crippen LogP contribution is 2.07. The average Bonchev–Trinajstić information content (AvgIpc) is 1.84. The minimum absolute atomic E-state index is 0.292. The number of rotatable bonds is 4. The molecular weight excluding hydrogens is 156 g/mol. The Bertz CT molecular complexity index is 198. The SMILES string of the molecule is CC(=O)C(CC=C(C)C)C(=O)O. The third-order valence-electron chi connectivity index (χ3n) is 1.55. The maximum atomic E-state index is 10.8. The third kappa shape index (κ3) is 3.91. The second-order valence-corrected chi connectivity index (χ2v) is 3.02. The molecule has 0 saturated carbocycles. The Balaban J connectivity index is 4.25. The minimum atomic E-state index is -1.04. The van der Waals surface area contributed by atoms with E-state index in [9.17, 15) is 9.59 Å².